The van der Waals surface area contributed by atoms with Crippen LogP contribution in [-0.4, -0.2) is 73.1 Å². The van der Waals surface area contributed by atoms with Gasteiger partial charge in [-0.3, -0.25) is 0 Å². The molecule has 17 heteroatoms. The van der Waals surface area contributed by atoms with E-state index in [0.717, 1.165) is 0 Å². The average molecular weight is 385 g/mol. The molecule has 0 saturated heterocycles. The Morgan fingerprint density at radius 1 is 0.476 bits per heavy atom. The third-order valence-electron chi connectivity index (χ3n) is 0.425. The van der Waals surface area contributed by atoms with Gasteiger partial charge in [0.25, 0.3) is 0 Å². The SMILES string of the molecule is F[B-](F)(F)F.F[B-](F)(F)F.F[B-](F)(F)F.[KH].c1ccsc1. The van der Waals surface area contributed by atoms with Crippen LogP contribution in [0.4, 0.5) is 51.8 Å². The largest absolute Gasteiger partial charge is 0.152 e. The number of hydrogen-bond donors (Lipinski definition) is 0. The van der Waals surface area contributed by atoms with E-state index in [1.54, 1.807) is 11.3 Å². The average Bonchev–Trinajstić information content (AvgIpc) is 2.45. The molecule has 0 aliphatic heterocycles. The van der Waals surface area contributed by atoms with Crippen LogP contribution in [0, 0.1) is 0 Å². The zero-order valence-electron chi connectivity index (χ0n) is 8.99. The van der Waals surface area contributed by atoms with Crippen LogP contribution in [-0.2, 0) is 0 Å². The Morgan fingerprint density at radius 2 is 0.619 bits per heavy atom. The number of hydrogen-bond acceptors (Lipinski definition) is 1. The molecule has 0 radical (unpaired) electrons. The van der Waals surface area contributed by atoms with E-state index in [0.29, 0.717) is 0 Å². The molecule has 0 atom stereocenters. The standard InChI is InChI=1S/C4H4S.3BF4.K.H/c1-2-4-5-3-1;3*2-1(3,4)5;;/h1-4H;;;;;/q;3*-1;;. The van der Waals surface area contributed by atoms with Gasteiger partial charge in [-0.05, 0) is 10.8 Å². The van der Waals surface area contributed by atoms with E-state index >= 15 is 0 Å². The second-order valence-electron chi connectivity index (χ2n) is 2.28. The molecule has 0 N–H and O–H groups in total. The van der Waals surface area contributed by atoms with Gasteiger partial charge >= 0.3 is 73.1 Å². The van der Waals surface area contributed by atoms with Crippen LogP contribution in [0.1, 0.15) is 0 Å². The van der Waals surface area contributed by atoms with Gasteiger partial charge in [-0.15, -0.1) is 0 Å². The predicted molar refractivity (Wildman–Crippen MR) is 62.0 cm³/mol. The van der Waals surface area contributed by atoms with E-state index in [4.69, 9.17) is 0 Å². The van der Waals surface area contributed by atoms with E-state index in [2.05, 4.69) is 0 Å². The molecule has 124 valence electrons. The van der Waals surface area contributed by atoms with Crippen LogP contribution >= 0.6 is 11.3 Å². The minimum Gasteiger partial charge on any atom is -0.152 e. The summed E-state index contributed by atoms with van der Waals surface area (Å²) in [5, 5.41) is 4.08. The fourth-order valence-corrected chi connectivity index (χ4v) is 0.680. The molecular weight excluding hydrogens is 380 g/mol. The van der Waals surface area contributed by atoms with Gasteiger partial charge in [-0.2, -0.15) is 11.3 Å². The second-order valence-corrected chi connectivity index (χ2v) is 3.09. The van der Waals surface area contributed by atoms with Gasteiger partial charge in [0.1, 0.15) is 0 Å². The number of thiophene rings is 1. The molecule has 0 fully saturated rings. The summed E-state index contributed by atoms with van der Waals surface area (Å²) in [6.07, 6.45) is 0. The Bertz CT molecular complexity index is 229. The van der Waals surface area contributed by atoms with Crippen LogP contribution in [0.5, 0.6) is 0 Å². The summed E-state index contributed by atoms with van der Waals surface area (Å²) in [5.74, 6) is 0. The van der Waals surface area contributed by atoms with Crippen molar-refractivity contribution in [2.75, 3.05) is 0 Å². The van der Waals surface area contributed by atoms with Crippen LogP contribution < -0.4 is 0 Å². The fourth-order valence-electron chi connectivity index (χ4n) is 0.227. The smallest absolute Gasteiger partial charge is 0.00934 e. The van der Waals surface area contributed by atoms with Gasteiger partial charge in [0, 0.05) is 0 Å². The third kappa shape index (κ3) is 223. The molecule has 0 bridgehead atoms. The molecular formula is C4H5B3F12KS-3. The maximum atomic E-state index is 9.75. The maximum absolute atomic E-state index is 9.75. The molecule has 0 nitrogen and oxygen atoms in total. The van der Waals surface area contributed by atoms with E-state index in [-0.39, 0.29) is 51.4 Å². The van der Waals surface area contributed by atoms with Crippen molar-refractivity contribution in [3.05, 3.63) is 22.9 Å². The van der Waals surface area contributed by atoms with Crippen molar-refractivity contribution in [1.29, 1.82) is 0 Å². The third-order valence-corrected chi connectivity index (χ3v) is 1.05. The molecule has 0 spiro atoms. The number of halogens is 12. The molecule has 0 aliphatic rings. The minimum atomic E-state index is -6.00. The number of rotatable bonds is 0. The quantitative estimate of drug-likeness (QED) is 0.436. The Hall–Kier alpha value is 0.691. The first-order valence-electron chi connectivity index (χ1n) is 4.09. The van der Waals surface area contributed by atoms with E-state index < -0.39 is 21.8 Å². The van der Waals surface area contributed by atoms with E-state index in [1.165, 1.54) is 0 Å². The van der Waals surface area contributed by atoms with Gasteiger partial charge < -0.3 is 51.8 Å². The first-order chi connectivity index (χ1) is 8.50. The molecule has 0 saturated carbocycles. The first-order valence-corrected chi connectivity index (χ1v) is 5.03. The Kier molecular flexibility index (Phi) is 20.2. The topological polar surface area (TPSA) is 0 Å². The van der Waals surface area contributed by atoms with Crippen molar-refractivity contribution >= 4 is 84.5 Å². The van der Waals surface area contributed by atoms with Crippen molar-refractivity contribution in [2.24, 2.45) is 0 Å². The van der Waals surface area contributed by atoms with E-state index in [1.807, 2.05) is 22.9 Å². The van der Waals surface area contributed by atoms with Crippen molar-refractivity contribution in [3.63, 3.8) is 0 Å². The van der Waals surface area contributed by atoms with Gasteiger partial charge in [0.2, 0.25) is 0 Å². The summed E-state index contributed by atoms with van der Waals surface area (Å²) in [4.78, 5) is 0. The molecule has 0 aliphatic carbocycles. The summed E-state index contributed by atoms with van der Waals surface area (Å²) in [7, 11) is -18.0. The molecule has 1 rings (SSSR count). The van der Waals surface area contributed by atoms with Crippen molar-refractivity contribution in [2.45, 2.75) is 0 Å². The Balaban J connectivity index is -0.0000000903. The summed E-state index contributed by atoms with van der Waals surface area (Å²) in [5.41, 5.74) is 0. The monoisotopic (exact) mass is 385 g/mol. The minimum absolute atomic E-state index is 0. The predicted octanol–water partition coefficient (Wildman–Crippen LogP) is 5.00. The molecule has 1 aromatic heterocycles. The molecule has 0 aromatic carbocycles. The van der Waals surface area contributed by atoms with Gasteiger partial charge in [0.05, 0.1) is 0 Å². The van der Waals surface area contributed by atoms with E-state index in [9.17, 15) is 51.8 Å². The normalized spacial score (nSPS) is 10.5. The summed E-state index contributed by atoms with van der Waals surface area (Å²) >= 11 is 1.71. The first kappa shape index (κ1) is 29.7. The van der Waals surface area contributed by atoms with Crippen LogP contribution in [0.25, 0.3) is 0 Å². The van der Waals surface area contributed by atoms with Gasteiger partial charge in [-0.1, -0.05) is 12.1 Å². The summed E-state index contributed by atoms with van der Waals surface area (Å²) in [6, 6.07) is 4.04. The Labute approximate surface area is 158 Å². The van der Waals surface area contributed by atoms with Gasteiger partial charge in [-0.25, -0.2) is 0 Å². The second kappa shape index (κ2) is 14.3. The van der Waals surface area contributed by atoms with Crippen LogP contribution in [0.2, 0.25) is 0 Å². The van der Waals surface area contributed by atoms with Crippen LogP contribution in [0.3, 0.4) is 0 Å². The maximum Gasteiger partial charge on any atom is -0.00934 e. The van der Waals surface area contributed by atoms with Crippen LogP contribution in [0.15, 0.2) is 22.9 Å². The van der Waals surface area contributed by atoms with Crippen molar-refractivity contribution in [3.8, 4) is 0 Å². The molecule has 21 heavy (non-hydrogen) atoms. The zero-order chi connectivity index (χ0) is 17.0. The van der Waals surface area contributed by atoms with Crippen molar-refractivity contribution < 1.29 is 51.8 Å². The van der Waals surface area contributed by atoms with Crippen molar-refractivity contribution in [1.82, 2.24) is 0 Å². The molecule has 1 aromatic rings. The molecule has 0 amide bonds. The molecule has 0 unspecified atom stereocenters. The van der Waals surface area contributed by atoms with Gasteiger partial charge in [0.15, 0.2) is 0 Å². The summed E-state index contributed by atoms with van der Waals surface area (Å²) < 4.78 is 117. The fraction of sp³-hybridized carbons (Fsp3) is 0. The zero-order valence-corrected chi connectivity index (χ0v) is 9.80. The Morgan fingerprint density at radius 3 is 0.667 bits per heavy atom. The summed E-state index contributed by atoms with van der Waals surface area (Å²) in [6.45, 7) is 0. The molecule has 1 heterocycles.